The van der Waals surface area contributed by atoms with Gasteiger partial charge in [0.25, 0.3) is 0 Å². The molecule has 72 valence electrons. The largest absolute Gasteiger partial charge is 0.207 e. The second kappa shape index (κ2) is 3.63. The van der Waals surface area contributed by atoms with Gasteiger partial charge in [-0.05, 0) is 30.2 Å². The normalized spacial score (nSPS) is 10.5. The van der Waals surface area contributed by atoms with Crippen LogP contribution < -0.4 is 0 Å². The van der Waals surface area contributed by atoms with Crippen molar-refractivity contribution in [2.24, 2.45) is 0 Å². The van der Waals surface area contributed by atoms with Crippen LogP contribution in [-0.2, 0) is 0 Å². The highest BCUT2D eigenvalue weighted by Gasteiger charge is 2.09. The quantitative estimate of drug-likeness (QED) is 0.749. The molecule has 1 aromatic heterocycles. The average Bonchev–Trinajstić information content (AvgIpc) is 2.57. The van der Waals surface area contributed by atoms with Crippen molar-refractivity contribution < 1.29 is 4.39 Å². The molecule has 0 atom stereocenters. The van der Waals surface area contributed by atoms with Gasteiger partial charge < -0.3 is 0 Å². The minimum atomic E-state index is -0.242. The first-order valence-corrected chi connectivity index (χ1v) is 5.12. The van der Waals surface area contributed by atoms with Gasteiger partial charge >= 0.3 is 0 Å². The predicted octanol–water partition coefficient (Wildman–Crippen LogP) is 3.31. The molecule has 5 heteroatoms. The third kappa shape index (κ3) is 1.63. The molecule has 0 bridgehead atoms. The van der Waals surface area contributed by atoms with E-state index in [4.69, 9.17) is 11.6 Å². The number of benzene rings is 1. The highest BCUT2D eigenvalue weighted by atomic mass is 35.5. The molecule has 1 heterocycles. The Morgan fingerprint density at radius 1 is 1.36 bits per heavy atom. The summed E-state index contributed by atoms with van der Waals surface area (Å²) in [5, 5.41) is 8.18. The van der Waals surface area contributed by atoms with Gasteiger partial charge in [-0.1, -0.05) is 23.5 Å². The van der Waals surface area contributed by atoms with Crippen molar-refractivity contribution in [3.63, 3.8) is 0 Å². The summed E-state index contributed by atoms with van der Waals surface area (Å²) >= 11 is 6.89. The van der Waals surface area contributed by atoms with Crippen molar-refractivity contribution in [1.29, 1.82) is 0 Å². The lowest BCUT2D eigenvalue weighted by Gasteiger charge is -2.01. The van der Waals surface area contributed by atoms with Crippen molar-refractivity contribution in [3.05, 3.63) is 34.0 Å². The van der Waals surface area contributed by atoms with E-state index < -0.39 is 0 Å². The van der Waals surface area contributed by atoms with Crippen LogP contribution in [0.1, 0.15) is 5.56 Å². The Balaban J connectivity index is 2.57. The van der Waals surface area contributed by atoms with Crippen LogP contribution in [0.5, 0.6) is 0 Å². The number of aromatic nitrogens is 2. The minimum Gasteiger partial charge on any atom is -0.207 e. The van der Waals surface area contributed by atoms with Crippen molar-refractivity contribution in [3.8, 4) is 10.6 Å². The van der Waals surface area contributed by atoms with Gasteiger partial charge in [0.1, 0.15) is 10.8 Å². The molecule has 0 fully saturated rings. The van der Waals surface area contributed by atoms with E-state index in [9.17, 15) is 4.39 Å². The zero-order chi connectivity index (χ0) is 10.1. The van der Waals surface area contributed by atoms with Crippen LogP contribution >= 0.6 is 22.9 Å². The van der Waals surface area contributed by atoms with E-state index in [0.29, 0.717) is 15.0 Å². The zero-order valence-corrected chi connectivity index (χ0v) is 8.86. The Morgan fingerprint density at radius 2 is 2.14 bits per heavy atom. The van der Waals surface area contributed by atoms with Crippen molar-refractivity contribution >= 4 is 22.9 Å². The van der Waals surface area contributed by atoms with Crippen LogP contribution in [0.3, 0.4) is 0 Å². The van der Waals surface area contributed by atoms with Crippen LogP contribution in [-0.4, -0.2) is 10.2 Å². The van der Waals surface area contributed by atoms with Gasteiger partial charge in [0, 0.05) is 5.56 Å². The zero-order valence-electron chi connectivity index (χ0n) is 7.29. The van der Waals surface area contributed by atoms with E-state index in [0.717, 1.165) is 5.56 Å². The molecule has 0 saturated carbocycles. The lowest BCUT2D eigenvalue weighted by atomic mass is 10.1. The molecule has 1 aromatic carbocycles. The van der Waals surface area contributed by atoms with E-state index in [-0.39, 0.29) is 5.82 Å². The first kappa shape index (κ1) is 9.55. The molecule has 2 nitrogen and oxygen atoms in total. The maximum atomic E-state index is 13.2. The Kier molecular flexibility index (Phi) is 2.48. The van der Waals surface area contributed by atoms with Crippen molar-refractivity contribution in [2.45, 2.75) is 6.92 Å². The van der Waals surface area contributed by atoms with Crippen LogP contribution in [0.4, 0.5) is 4.39 Å². The Morgan fingerprint density at radius 3 is 2.79 bits per heavy atom. The number of nitrogens with zero attached hydrogens (tertiary/aromatic N) is 2. The molecule has 0 spiro atoms. The Bertz CT molecular complexity index is 470. The average molecular weight is 229 g/mol. The van der Waals surface area contributed by atoms with E-state index >= 15 is 0 Å². The summed E-state index contributed by atoms with van der Waals surface area (Å²) in [4.78, 5) is 0. The molecule has 0 radical (unpaired) electrons. The number of hydrogen-bond acceptors (Lipinski definition) is 3. The molecule has 0 N–H and O–H groups in total. The minimum absolute atomic E-state index is 0.242. The summed E-state index contributed by atoms with van der Waals surface area (Å²) in [7, 11) is 0. The summed E-state index contributed by atoms with van der Waals surface area (Å²) in [6, 6.07) is 4.86. The van der Waals surface area contributed by atoms with Gasteiger partial charge in [-0.25, -0.2) is 4.39 Å². The maximum absolute atomic E-state index is 13.2. The lowest BCUT2D eigenvalue weighted by molar-refractivity contribution is 0.619. The molecule has 0 unspecified atom stereocenters. The summed E-state index contributed by atoms with van der Waals surface area (Å²) in [6.45, 7) is 1.71. The first-order valence-electron chi connectivity index (χ1n) is 3.93. The molecular weight excluding hydrogens is 223 g/mol. The number of hydrogen-bond donors (Lipinski definition) is 0. The Hall–Kier alpha value is -1.00. The summed E-state index contributed by atoms with van der Waals surface area (Å²) in [5.74, 6) is -0.242. The van der Waals surface area contributed by atoms with Gasteiger partial charge in [0.2, 0.25) is 4.47 Å². The predicted molar refractivity (Wildman–Crippen MR) is 55.1 cm³/mol. The summed E-state index contributed by atoms with van der Waals surface area (Å²) in [5.41, 5.74) is 1.31. The molecule has 0 aliphatic heterocycles. The molecule has 2 aromatic rings. The maximum Gasteiger partial charge on any atom is 0.207 e. The fraction of sp³-hybridized carbons (Fsp3) is 0.111. The fourth-order valence-electron chi connectivity index (χ4n) is 1.15. The summed E-state index contributed by atoms with van der Waals surface area (Å²) in [6.07, 6.45) is 0. The van der Waals surface area contributed by atoms with Crippen molar-refractivity contribution in [1.82, 2.24) is 10.2 Å². The molecular formula is C9H6ClFN2S. The molecule has 0 aliphatic rings. The van der Waals surface area contributed by atoms with Crippen LogP contribution in [0.15, 0.2) is 18.2 Å². The van der Waals surface area contributed by atoms with Crippen LogP contribution in [0, 0.1) is 12.7 Å². The van der Waals surface area contributed by atoms with Crippen LogP contribution in [0.25, 0.3) is 10.6 Å². The third-order valence-corrected chi connectivity index (χ3v) is 2.95. The monoisotopic (exact) mass is 228 g/mol. The van der Waals surface area contributed by atoms with Crippen molar-refractivity contribution in [2.75, 3.05) is 0 Å². The lowest BCUT2D eigenvalue weighted by Crippen LogP contribution is -1.86. The second-order valence-corrected chi connectivity index (χ2v) is 4.33. The Labute approximate surface area is 89.4 Å². The smallest absolute Gasteiger partial charge is 0.207 e. The fourth-order valence-corrected chi connectivity index (χ4v) is 2.06. The number of rotatable bonds is 1. The SMILES string of the molecule is Cc1c(F)cccc1-c1nnc(Cl)s1. The van der Waals surface area contributed by atoms with Gasteiger partial charge in [0.05, 0.1) is 0 Å². The topological polar surface area (TPSA) is 25.8 Å². The van der Waals surface area contributed by atoms with E-state index in [2.05, 4.69) is 10.2 Å². The van der Waals surface area contributed by atoms with Gasteiger partial charge in [-0.3, -0.25) is 0 Å². The van der Waals surface area contributed by atoms with E-state index in [1.807, 2.05) is 0 Å². The van der Waals surface area contributed by atoms with Gasteiger partial charge in [-0.15, -0.1) is 10.2 Å². The highest BCUT2D eigenvalue weighted by Crippen LogP contribution is 2.29. The van der Waals surface area contributed by atoms with Gasteiger partial charge in [0.15, 0.2) is 0 Å². The summed E-state index contributed by atoms with van der Waals surface area (Å²) < 4.78 is 13.6. The second-order valence-electron chi connectivity index (χ2n) is 2.77. The molecule has 14 heavy (non-hydrogen) atoms. The highest BCUT2D eigenvalue weighted by molar-refractivity contribution is 7.18. The van der Waals surface area contributed by atoms with Gasteiger partial charge in [-0.2, -0.15) is 0 Å². The molecule has 2 rings (SSSR count). The third-order valence-electron chi connectivity index (χ3n) is 1.90. The molecule has 0 aliphatic carbocycles. The molecule has 0 saturated heterocycles. The van der Waals surface area contributed by atoms with Crippen LogP contribution in [0.2, 0.25) is 4.47 Å². The first-order chi connectivity index (χ1) is 6.68. The number of halogens is 2. The molecule has 0 amide bonds. The van der Waals surface area contributed by atoms with E-state index in [1.54, 1.807) is 19.1 Å². The standard InChI is InChI=1S/C9H6ClFN2S/c1-5-6(3-2-4-7(5)11)8-12-13-9(10)14-8/h2-4H,1H3. The van der Waals surface area contributed by atoms with E-state index in [1.165, 1.54) is 17.4 Å².